The maximum Gasteiger partial charge on any atom is 0.196 e. The Balaban J connectivity index is 1.99. The van der Waals surface area contributed by atoms with Crippen LogP contribution in [0.5, 0.6) is 0 Å². The smallest absolute Gasteiger partial charge is 0.196 e. The first-order valence-electron chi connectivity index (χ1n) is 5.82. The van der Waals surface area contributed by atoms with Crippen LogP contribution in [0.15, 0.2) is 30.3 Å². The fourth-order valence-electron chi connectivity index (χ4n) is 1.82. The second-order valence-electron chi connectivity index (χ2n) is 4.34. The van der Waals surface area contributed by atoms with E-state index in [2.05, 4.69) is 10.3 Å². The highest BCUT2D eigenvalue weighted by molar-refractivity contribution is 7.22. The van der Waals surface area contributed by atoms with Crippen LogP contribution in [0.2, 0.25) is 0 Å². The van der Waals surface area contributed by atoms with Crippen LogP contribution in [0.25, 0.3) is 10.2 Å². The molecule has 2 nitrogen and oxygen atoms in total. The molecule has 0 saturated heterocycles. The number of nitrogens with zero attached hydrogens (tertiary/aromatic N) is 1. The van der Waals surface area contributed by atoms with E-state index in [1.165, 1.54) is 11.3 Å². The zero-order valence-electron chi connectivity index (χ0n) is 10.4. The number of anilines is 2. The lowest BCUT2D eigenvalue weighted by molar-refractivity contribution is 0.449. The Labute approximate surface area is 116 Å². The number of nitrogens with one attached hydrogen (secondary N) is 1. The zero-order chi connectivity index (χ0) is 14.3. The van der Waals surface area contributed by atoms with Gasteiger partial charge in [0, 0.05) is 0 Å². The Bertz CT molecular complexity index is 798. The van der Waals surface area contributed by atoms with Crippen LogP contribution in [0.1, 0.15) is 5.56 Å². The number of hydrogen-bond acceptors (Lipinski definition) is 3. The molecule has 0 atom stereocenters. The minimum absolute atomic E-state index is 0.139. The minimum atomic E-state index is -1.49. The topological polar surface area (TPSA) is 24.9 Å². The Morgan fingerprint density at radius 1 is 1.05 bits per heavy atom. The Morgan fingerprint density at radius 2 is 1.85 bits per heavy atom. The predicted octanol–water partition coefficient (Wildman–Crippen LogP) is 4.77. The molecule has 0 fully saturated rings. The molecule has 0 radical (unpaired) electrons. The monoisotopic (exact) mass is 294 g/mol. The molecule has 3 aromatic rings. The molecule has 0 spiro atoms. The third-order valence-electron chi connectivity index (χ3n) is 2.82. The van der Waals surface area contributed by atoms with E-state index >= 15 is 0 Å². The molecule has 0 amide bonds. The highest BCUT2D eigenvalue weighted by atomic mass is 32.1. The van der Waals surface area contributed by atoms with Gasteiger partial charge in [0.05, 0.1) is 15.9 Å². The van der Waals surface area contributed by atoms with Crippen molar-refractivity contribution in [3.8, 4) is 0 Å². The number of hydrogen-bond donors (Lipinski definition) is 1. The fourth-order valence-corrected chi connectivity index (χ4v) is 2.80. The SMILES string of the molecule is Cc1ccc2nc(Nc3ccc(F)c(F)c3F)sc2c1. The minimum Gasteiger partial charge on any atom is -0.329 e. The number of thiazole rings is 1. The molecule has 1 N–H and O–H groups in total. The summed E-state index contributed by atoms with van der Waals surface area (Å²) in [6.45, 7) is 1.96. The van der Waals surface area contributed by atoms with Gasteiger partial charge in [-0.05, 0) is 36.8 Å². The first-order chi connectivity index (χ1) is 9.54. The summed E-state index contributed by atoms with van der Waals surface area (Å²) in [5, 5.41) is 3.10. The lowest BCUT2D eigenvalue weighted by atomic mass is 10.2. The summed E-state index contributed by atoms with van der Waals surface area (Å²) < 4.78 is 40.5. The molecule has 6 heteroatoms. The zero-order valence-corrected chi connectivity index (χ0v) is 11.2. The van der Waals surface area contributed by atoms with Crippen molar-refractivity contribution in [3.05, 3.63) is 53.3 Å². The van der Waals surface area contributed by atoms with Crippen molar-refractivity contribution in [1.29, 1.82) is 0 Å². The summed E-state index contributed by atoms with van der Waals surface area (Å²) in [7, 11) is 0. The van der Waals surface area contributed by atoms with Crippen LogP contribution in [0.4, 0.5) is 24.0 Å². The van der Waals surface area contributed by atoms with Crippen LogP contribution in [0, 0.1) is 24.4 Å². The number of benzene rings is 2. The molecule has 0 aliphatic carbocycles. The maximum absolute atomic E-state index is 13.6. The summed E-state index contributed by atoms with van der Waals surface area (Å²) in [5.41, 5.74) is 1.72. The second kappa shape index (κ2) is 4.79. The summed E-state index contributed by atoms with van der Waals surface area (Å²) in [6.07, 6.45) is 0. The largest absolute Gasteiger partial charge is 0.329 e. The van der Waals surface area contributed by atoms with Crippen molar-refractivity contribution in [1.82, 2.24) is 4.98 Å². The normalized spacial score (nSPS) is 11.0. The van der Waals surface area contributed by atoms with E-state index < -0.39 is 17.5 Å². The van der Waals surface area contributed by atoms with Gasteiger partial charge in [0.2, 0.25) is 0 Å². The summed E-state index contributed by atoms with van der Waals surface area (Å²) >= 11 is 1.32. The fraction of sp³-hybridized carbons (Fsp3) is 0.0714. The van der Waals surface area contributed by atoms with E-state index in [1.54, 1.807) is 0 Å². The Kier molecular flexibility index (Phi) is 3.10. The van der Waals surface area contributed by atoms with Gasteiger partial charge in [-0.15, -0.1) is 0 Å². The van der Waals surface area contributed by atoms with Gasteiger partial charge in [0.1, 0.15) is 0 Å². The number of aryl methyl sites for hydroxylation is 1. The molecule has 0 aliphatic heterocycles. The van der Waals surface area contributed by atoms with Crippen molar-refractivity contribution < 1.29 is 13.2 Å². The molecule has 3 rings (SSSR count). The van der Waals surface area contributed by atoms with E-state index in [9.17, 15) is 13.2 Å². The quantitative estimate of drug-likeness (QED) is 0.689. The van der Waals surface area contributed by atoms with Gasteiger partial charge in [-0.2, -0.15) is 0 Å². The third kappa shape index (κ3) is 2.22. The van der Waals surface area contributed by atoms with Gasteiger partial charge in [-0.1, -0.05) is 17.4 Å². The summed E-state index contributed by atoms with van der Waals surface area (Å²) in [6, 6.07) is 7.75. The second-order valence-corrected chi connectivity index (χ2v) is 5.37. The van der Waals surface area contributed by atoms with Crippen molar-refractivity contribution in [3.63, 3.8) is 0 Å². The van der Waals surface area contributed by atoms with Crippen LogP contribution >= 0.6 is 11.3 Å². The van der Waals surface area contributed by atoms with Crippen LogP contribution in [-0.2, 0) is 0 Å². The molecule has 0 bridgehead atoms. The number of fused-ring (bicyclic) bond motifs is 1. The maximum atomic E-state index is 13.6. The number of aromatic nitrogens is 1. The van der Waals surface area contributed by atoms with Gasteiger partial charge in [0.25, 0.3) is 0 Å². The first kappa shape index (κ1) is 12.9. The molecule has 0 unspecified atom stereocenters. The molecule has 2 aromatic carbocycles. The van der Waals surface area contributed by atoms with Gasteiger partial charge < -0.3 is 5.32 Å². The highest BCUT2D eigenvalue weighted by Crippen LogP contribution is 2.30. The molecular formula is C14H9F3N2S. The van der Waals surface area contributed by atoms with Crippen LogP contribution in [0.3, 0.4) is 0 Å². The molecular weight excluding hydrogens is 285 g/mol. The van der Waals surface area contributed by atoms with Crippen molar-refractivity contribution in [2.75, 3.05) is 5.32 Å². The average Bonchev–Trinajstić information content (AvgIpc) is 2.81. The summed E-state index contributed by atoms with van der Waals surface area (Å²) in [5.74, 6) is -3.96. The van der Waals surface area contributed by atoms with Crippen molar-refractivity contribution >= 4 is 32.4 Å². The van der Waals surface area contributed by atoms with Crippen LogP contribution in [-0.4, -0.2) is 4.98 Å². The van der Waals surface area contributed by atoms with Gasteiger partial charge in [-0.3, -0.25) is 0 Å². The van der Waals surface area contributed by atoms with Crippen molar-refractivity contribution in [2.45, 2.75) is 6.92 Å². The van der Waals surface area contributed by atoms with E-state index in [0.29, 0.717) is 5.13 Å². The van der Waals surface area contributed by atoms with Crippen LogP contribution < -0.4 is 5.32 Å². The number of halogens is 3. The van der Waals surface area contributed by atoms with Gasteiger partial charge in [0.15, 0.2) is 22.6 Å². The van der Waals surface area contributed by atoms with E-state index in [-0.39, 0.29) is 5.69 Å². The molecule has 1 heterocycles. The standard InChI is InChI=1S/C14H9F3N2S/c1-7-2-4-9-11(6-7)20-14(18-9)19-10-5-3-8(15)12(16)13(10)17/h2-6H,1H3,(H,18,19). The van der Waals surface area contributed by atoms with E-state index in [0.717, 1.165) is 27.9 Å². The van der Waals surface area contributed by atoms with Crippen molar-refractivity contribution in [2.24, 2.45) is 0 Å². The highest BCUT2D eigenvalue weighted by Gasteiger charge is 2.14. The van der Waals surface area contributed by atoms with Gasteiger partial charge >= 0.3 is 0 Å². The average molecular weight is 294 g/mol. The predicted molar refractivity (Wildman–Crippen MR) is 74.0 cm³/mol. The lowest BCUT2D eigenvalue weighted by Gasteiger charge is -2.04. The molecule has 0 aliphatic rings. The first-order valence-corrected chi connectivity index (χ1v) is 6.64. The third-order valence-corrected chi connectivity index (χ3v) is 3.75. The lowest BCUT2D eigenvalue weighted by Crippen LogP contribution is -1.98. The molecule has 0 saturated carbocycles. The van der Waals surface area contributed by atoms with E-state index in [1.807, 2.05) is 25.1 Å². The summed E-state index contributed by atoms with van der Waals surface area (Å²) in [4.78, 5) is 4.27. The Hall–Kier alpha value is -2.08. The molecule has 20 heavy (non-hydrogen) atoms. The van der Waals surface area contributed by atoms with Gasteiger partial charge in [-0.25, -0.2) is 18.2 Å². The Morgan fingerprint density at radius 3 is 2.65 bits per heavy atom. The van der Waals surface area contributed by atoms with E-state index in [4.69, 9.17) is 0 Å². The molecule has 102 valence electrons. The molecule has 1 aromatic heterocycles. The number of rotatable bonds is 2.